The van der Waals surface area contributed by atoms with Crippen LogP contribution in [0.25, 0.3) is 0 Å². The first-order chi connectivity index (χ1) is 5.71. The molecule has 76 valence electrons. The van der Waals surface area contributed by atoms with Gasteiger partial charge < -0.3 is 0 Å². The van der Waals surface area contributed by atoms with Gasteiger partial charge in [-0.15, -0.1) is 0 Å². The van der Waals surface area contributed by atoms with E-state index in [9.17, 15) is 0 Å². The minimum atomic E-state index is -3.80. The van der Waals surface area contributed by atoms with Crippen LogP contribution in [0.15, 0.2) is 4.52 Å². The summed E-state index contributed by atoms with van der Waals surface area (Å²) >= 11 is 22.1. The molecule has 0 saturated carbocycles. The molecule has 1 N–H and O–H groups in total. The fourth-order valence-electron chi connectivity index (χ4n) is 0.347. The summed E-state index contributed by atoms with van der Waals surface area (Å²) in [6, 6.07) is 0. The van der Waals surface area contributed by atoms with Gasteiger partial charge in [0.25, 0.3) is 0 Å². The molecule has 0 saturated heterocycles. The Bertz CT molecular complexity index is 253. The predicted molar refractivity (Wildman–Crippen MR) is 69.1 cm³/mol. The van der Waals surface area contributed by atoms with Gasteiger partial charge in [0.05, 0.1) is 0 Å². The molecule has 0 aromatic carbocycles. The van der Waals surface area contributed by atoms with Crippen LogP contribution in [0.3, 0.4) is 0 Å². The third-order valence-electron chi connectivity index (χ3n) is 0.654. The van der Waals surface area contributed by atoms with Crippen molar-refractivity contribution in [1.29, 1.82) is 0 Å². The average molecular weight is 318 g/mol. The maximum atomic E-state index is 5.53. The second-order valence-electron chi connectivity index (χ2n) is 1.90. The van der Waals surface area contributed by atoms with Crippen LogP contribution in [0.4, 0.5) is 0 Å². The van der Waals surface area contributed by atoms with Crippen molar-refractivity contribution in [1.82, 2.24) is 4.86 Å². The van der Waals surface area contributed by atoms with Crippen LogP contribution >= 0.6 is 65.7 Å². The summed E-state index contributed by atoms with van der Waals surface area (Å²) in [5.74, 6) is 2.77. The zero-order valence-electron chi connectivity index (χ0n) is 6.80. The van der Waals surface area contributed by atoms with E-state index in [1.807, 2.05) is 6.66 Å². The fourth-order valence-corrected chi connectivity index (χ4v) is 3.70. The second kappa shape index (κ2) is 5.65. The molecule has 0 spiro atoms. The monoisotopic (exact) mass is 316 g/mol. The molecule has 0 bridgehead atoms. The Morgan fingerprint density at radius 1 is 1.38 bits per heavy atom. The predicted octanol–water partition coefficient (Wildman–Crippen LogP) is 5.71. The van der Waals surface area contributed by atoms with Crippen LogP contribution in [-0.4, -0.2) is 6.66 Å². The van der Waals surface area contributed by atoms with Gasteiger partial charge in [0.15, 0.2) is 0 Å². The molecule has 1 atom stereocenters. The van der Waals surface area contributed by atoms with E-state index in [2.05, 4.69) is 21.0 Å². The Labute approximate surface area is 99.9 Å². The first-order valence-electron chi connectivity index (χ1n) is 2.94. The molecular weight excluding hydrogens is 311 g/mol. The van der Waals surface area contributed by atoms with Gasteiger partial charge in [-0.1, -0.05) is 0 Å². The van der Waals surface area contributed by atoms with Gasteiger partial charge in [0.1, 0.15) is 0 Å². The summed E-state index contributed by atoms with van der Waals surface area (Å²) in [6.07, 6.45) is 0. The summed E-state index contributed by atoms with van der Waals surface area (Å²) in [7, 11) is -0.129. The molecule has 0 rings (SSSR count). The Morgan fingerprint density at radius 3 is 2.31 bits per heavy atom. The first-order valence-corrected chi connectivity index (χ1v) is 11.4. The summed E-state index contributed by atoms with van der Waals surface area (Å²) in [5.41, 5.74) is 2.92. The molecule has 0 amide bonds. The molecule has 0 aliphatic heterocycles. The van der Waals surface area contributed by atoms with Gasteiger partial charge in [0.2, 0.25) is 0 Å². The van der Waals surface area contributed by atoms with Crippen LogP contribution in [-0.2, 0) is 0 Å². The van der Waals surface area contributed by atoms with E-state index in [0.717, 1.165) is 0 Å². The molecule has 9 heteroatoms. The molecular formula is C4H7Cl4N2P3. The molecule has 2 nitrogen and oxygen atoms in total. The molecule has 0 fully saturated rings. The quantitative estimate of drug-likeness (QED) is 0.523. The number of hydrogen-bond acceptors (Lipinski definition) is 1. The number of nitrogens with one attached hydrogen (secondary N) is 1. The van der Waals surface area contributed by atoms with Gasteiger partial charge in [-0.25, -0.2) is 0 Å². The topological polar surface area (TPSA) is 24.4 Å². The van der Waals surface area contributed by atoms with Gasteiger partial charge in [-0.2, -0.15) is 0 Å². The SMILES string of the molecule is CC#CP(C)NP=NP(Cl)(Cl)(Cl)Cl. The van der Waals surface area contributed by atoms with Crippen molar-refractivity contribution >= 4 is 65.7 Å². The third-order valence-corrected chi connectivity index (χ3v) is 6.64. The van der Waals surface area contributed by atoms with Crippen molar-refractivity contribution in [2.24, 2.45) is 4.52 Å². The van der Waals surface area contributed by atoms with Crippen molar-refractivity contribution in [3.63, 3.8) is 0 Å². The van der Waals surface area contributed by atoms with Crippen LogP contribution in [0.1, 0.15) is 6.92 Å². The molecule has 0 aromatic heterocycles. The van der Waals surface area contributed by atoms with Crippen molar-refractivity contribution in [2.75, 3.05) is 6.66 Å². The molecule has 0 radical (unpaired) electrons. The van der Waals surface area contributed by atoms with Crippen LogP contribution in [0.5, 0.6) is 0 Å². The summed E-state index contributed by atoms with van der Waals surface area (Å²) in [4.78, 5) is 2.96. The van der Waals surface area contributed by atoms with Gasteiger partial charge in [-0.3, -0.25) is 0 Å². The number of rotatable bonds is 3. The number of halogens is 4. The normalized spacial score (nSPS) is 17.2. The molecule has 13 heavy (non-hydrogen) atoms. The van der Waals surface area contributed by atoms with Crippen molar-refractivity contribution in [3.05, 3.63) is 0 Å². The van der Waals surface area contributed by atoms with E-state index in [1.165, 1.54) is 0 Å². The van der Waals surface area contributed by atoms with Crippen molar-refractivity contribution < 1.29 is 0 Å². The van der Waals surface area contributed by atoms with E-state index in [-0.39, 0.29) is 0 Å². The zero-order valence-corrected chi connectivity index (χ0v) is 12.5. The Balaban J connectivity index is 4.09. The second-order valence-corrected chi connectivity index (χ2v) is 17.3. The first kappa shape index (κ1) is 14.6. The van der Waals surface area contributed by atoms with E-state index < -0.39 is 12.2 Å². The Morgan fingerprint density at radius 2 is 1.92 bits per heavy atom. The number of hydrogen-bond donors (Lipinski definition) is 1. The summed E-state index contributed by atoms with van der Waals surface area (Å²) < 4.78 is -0.0874. The maximum absolute atomic E-state index is 5.53. The van der Waals surface area contributed by atoms with E-state index in [1.54, 1.807) is 6.92 Å². The summed E-state index contributed by atoms with van der Waals surface area (Å²) in [5, 5.41) is 0. The third kappa shape index (κ3) is 11.6. The number of nitrogens with zero attached hydrogens (tertiary/aromatic N) is 1. The molecule has 1 unspecified atom stereocenters. The molecule has 0 aliphatic carbocycles. The van der Waals surface area contributed by atoms with Crippen molar-refractivity contribution in [3.8, 4) is 11.6 Å². The standard InChI is InChI=1S/C4H7Cl4N2P3/c1-3-4-12(2)9-11-10-13(5,6,7)8/h1-2H3,(H,9,10). The molecule has 0 aromatic rings. The average Bonchev–Trinajstić information content (AvgIpc) is 1.82. The van der Waals surface area contributed by atoms with E-state index in [4.69, 9.17) is 45.0 Å². The molecule has 0 heterocycles. The van der Waals surface area contributed by atoms with Gasteiger partial charge >= 0.3 is 100 Å². The molecule has 0 aliphatic rings. The zero-order chi connectivity index (χ0) is 10.6. The van der Waals surface area contributed by atoms with Crippen LogP contribution < -0.4 is 4.86 Å². The van der Waals surface area contributed by atoms with Crippen molar-refractivity contribution in [2.45, 2.75) is 6.92 Å². The summed E-state index contributed by atoms with van der Waals surface area (Å²) in [6.45, 7) is 3.70. The van der Waals surface area contributed by atoms with Crippen LogP contribution in [0.2, 0.25) is 0 Å². The van der Waals surface area contributed by atoms with Gasteiger partial charge in [0, 0.05) is 0 Å². The Kier molecular flexibility index (Phi) is 6.36. The fraction of sp³-hybridized carbons (Fsp3) is 0.500. The Hall–Kier alpha value is 1.64. The van der Waals surface area contributed by atoms with E-state index in [0.29, 0.717) is 8.52 Å². The van der Waals surface area contributed by atoms with Gasteiger partial charge in [-0.05, 0) is 0 Å². The minimum absolute atomic E-state index is 0.458. The van der Waals surface area contributed by atoms with E-state index >= 15 is 0 Å². The van der Waals surface area contributed by atoms with Crippen LogP contribution in [0, 0.1) is 11.6 Å².